The van der Waals surface area contributed by atoms with Crippen molar-refractivity contribution in [2.24, 2.45) is 7.05 Å². The maximum Gasteiger partial charge on any atom is 0.270 e. The topological polar surface area (TPSA) is 103 Å². The van der Waals surface area contributed by atoms with E-state index in [2.05, 4.69) is 31.4 Å². The Balaban J connectivity index is 1.67. The fourth-order valence-corrected chi connectivity index (χ4v) is 3.29. The number of nitro benzene ring substituents is 1. The summed E-state index contributed by atoms with van der Waals surface area (Å²) >= 11 is 4.58. The molecular formula is C17H14BrN5O3S. The second-order valence-electron chi connectivity index (χ2n) is 5.52. The van der Waals surface area contributed by atoms with Crippen LogP contribution >= 0.6 is 27.7 Å². The minimum absolute atomic E-state index is 0.0152. The third-order valence-electron chi connectivity index (χ3n) is 3.61. The van der Waals surface area contributed by atoms with E-state index in [0.717, 1.165) is 4.47 Å². The Bertz CT molecular complexity index is 990. The van der Waals surface area contributed by atoms with Gasteiger partial charge in [-0.3, -0.25) is 14.9 Å². The van der Waals surface area contributed by atoms with Crippen LogP contribution in [0.5, 0.6) is 0 Å². The van der Waals surface area contributed by atoms with Gasteiger partial charge in [0.2, 0.25) is 5.91 Å². The number of amides is 1. The van der Waals surface area contributed by atoms with Crippen molar-refractivity contribution in [3.8, 4) is 11.4 Å². The number of anilines is 1. The number of carbonyl (C=O) groups excluding carboxylic acids is 1. The van der Waals surface area contributed by atoms with Crippen LogP contribution in [-0.4, -0.2) is 31.3 Å². The molecule has 0 aliphatic carbocycles. The number of non-ortho nitro benzene ring substituents is 1. The van der Waals surface area contributed by atoms with Crippen LogP contribution in [0.4, 0.5) is 11.4 Å². The predicted molar refractivity (Wildman–Crippen MR) is 107 cm³/mol. The van der Waals surface area contributed by atoms with Crippen LogP contribution in [0.1, 0.15) is 0 Å². The molecule has 10 heteroatoms. The number of rotatable bonds is 6. The molecule has 0 saturated carbocycles. The van der Waals surface area contributed by atoms with E-state index in [1.807, 2.05) is 12.1 Å². The number of aromatic nitrogens is 3. The van der Waals surface area contributed by atoms with Crippen molar-refractivity contribution in [1.29, 1.82) is 0 Å². The summed E-state index contributed by atoms with van der Waals surface area (Å²) in [6, 6.07) is 13.5. The summed E-state index contributed by atoms with van der Waals surface area (Å²) in [6.45, 7) is 0. The van der Waals surface area contributed by atoms with Gasteiger partial charge in [0.15, 0.2) is 11.0 Å². The van der Waals surface area contributed by atoms with Gasteiger partial charge < -0.3 is 9.88 Å². The smallest absolute Gasteiger partial charge is 0.270 e. The highest BCUT2D eigenvalue weighted by Crippen LogP contribution is 2.25. The molecule has 0 unspecified atom stereocenters. The molecule has 0 spiro atoms. The average molecular weight is 448 g/mol. The molecule has 0 aliphatic heterocycles. The Morgan fingerprint density at radius 1 is 1.26 bits per heavy atom. The van der Waals surface area contributed by atoms with E-state index in [9.17, 15) is 14.9 Å². The first kappa shape index (κ1) is 19.1. The summed E-state index contributed by atoms with van der Waals surface area (Å²) in [4.78, 5) is 22.6. The van der Waals surface area contributed by atoms with Crippen LogP contribution < -0.4 is 5.32 Å². The summed E-state index contributed by atoms with van der Waals surface area (Å²) in [5.74, 6) is 0.494. The zero-order valence-corrected chi connectivity index (χ0v) is 16.5. The van der Waals surface area contributed by atoms with Crippen molar-refractivity contribution in [1.82, 2.24) is 14.8 Å². The van der Waals surface area contributed by atoms with Gasteiger partial charge in [0, 0.05) is 34.9 Å². The van der Waals surface area contributed by atoms with Crippen molar-refractivity contribution in [3.05, 3.63) is 63.1 Å². The van der Waals surface area contributed by atoms with Crippen LogP contribution in [0.2, 0.25) is 0 Å². The standard InChI is InChI=1S/C17H14BrN5O3S/c1-22-16(11-3-2-4-14(9-11)23(25)26)20-21-17(22)27-10-15(24)19-13-7-5-12(18)6-8-13/h2-9H,10H2,1H3,(H,19,24). The van der Waals surface area contributed by atoms with Crippen molar-refractivity contribution >= 4 is 45.0 Å². The highest BCUT2D eigenvalue weighted by Gasteiger charge is 2.15. The molecule has 138 valence electrons. The number of hydrogen-bond donors (Lipinski definition) is 1. The number of hydrogen-bond acceptors (Lipinski definition) is 6. The maximum atomic E-state index is 12.1. The van der Waals surface area contributed by atoms with E-state index >= 15 is 0 Å². The first-order chi connectivity index (χ1) is 12.9. The predicted octanol–water partition coefficient (Wildman–Crippen LogP) is 3.88. The lowest BCUT2D eigenvalue weighted by Gasteiger charge is -2.06. The minimum atomic E-state index is -0.456. The summed E-state index contributed by atoms with van der Waals surface area (Å²) in [5.41, 5.74) is 1.28. The van der Waals surface area contributed by atoms with E-state index < -0.39 is 4.92 Å². The molecule has 1 amide bonds. The third-order valence-corrected chi connectivity index (χ3v) is 5.16. The van der Waals surface area contributed by atoms with Crippen LogP contribution in [0.25, 0.3) is 11.4 Å². The maximum absolute atomic E-state index is 12.1. The van der Waals surface area contributed by atoms with Crippen molar-refractivity contribution < 1.29 is 9.72 Å². The highest BCUT2D eigenvalue weighted by molar-refractivity contribution is 9.10. The average Bonchev–Trinajstić information content (AvgIpc) is 3.02. The van der Waals surface area contributed by atoms with Gasteiger partial charge in [-0.25, -0.2) is 0 Å². The van der Waals surface area contributed by atoms with Crippen molar-refractivity contribution in [3.63, 3.8) is 0 Å². The fourth-order valence-electron chi connectivity index (χ4n) is 2.31. The number of nitrogens with zero attached hydrogens (tertiary/aromatic N) is 4. The lowest BCUT2D eigenvalue weighted by molar-refractivity contribution is -0.384. The van der Waals surface area contributed by atoms with Gasteiger partial charge in [-0.2, -0.15) is 0 Å². The van der Waals surface area contributed by atoms with Gasteiger partial charge in [-0.1, -0.05) is 39.8 Å². The molecular weight excluding hydrogens is 434 g/mol. The number of benzene rings is 2. The van der Waals surface area contributed by atoms with Gasteiger partial charge in [0.1, 0.15) is 0 Å². The summed E-state index contributed by atoms with van der Waals surface area (Å²) in [5, 5.41) is 22.4. The van der Waals surface area contributed by atoms with Gasteiger partial charge in [0.25, 0.3) is 5.69 Å². The van der Waals surface area contributed by atoms with Crippen LogP contribution in [0, 0.1) is 10.1 Å². The zero-order chi connectivity index (χ0) is 19.4. The van der Waals surface area contributed by atoms with E-state index in [1.165, 1.54) is 23.9 Å². The molecule has 0 radical (unpaired) electrons. The van der Waals surface area contributed by atoms with Crippen molar-refractivity contribution in [2.45, 2.75) is 5.16 Å². The monoisotopic (exact) mass is 447 g/mol. The first-order valence-electron chi connectivity index (χ1n) is 7.76. The molecule has 0 atom stereocenters. The number of nitro groups is 1. The quantitative estimate of drug-likeness (QED) is 0.349. The van der Waals surface area contributed by atoms with Crippen molar-refractivity contribution in [2.75, 3.05) is 11.1 Å². The molecule has 3 rings (SSSR count). The van der Waals surface area contributed by atoms with E-state index in [0.29, 0.717) is 22.2 Å². The van der Waals surface area contributed by atoms with Crippen LogP contribution in [0.3, 0.4) is 0 Å². The Morgan fingerprint density at radius 3 is 2.70 bits per heavy atom. The lowest BCUT2D eigenvalue weighted by Crippen LogP contribution is -2.14. The van der Waals surface area contributed by atoms with Gasteiger partial charge in [0.05, 0.1) is 10.7 Å². The highest BCUT2D eigenvalue weighted by atomic mass is 79.9. The normalized spacial score (nSPS) is 10.6. The molecule has 0 bridgehead atoms. The number of carbonyl (C=O) groups is 1. The second-order valence-corrected chi connectivity index (χ2v) is 7.37. The first-order valence-corrected chi connectivity index (χ1v) is 9.54. The molecule has 8 nitrogen and oxygen atoms in total. The lowest BCUT2D eigenvalue weighted by atomic mass is 10.2. The largest absolute Gasteiger partial charge is 0.325 e. The summed E-state index contributed by atoms with van der Waals surface area (Å²) in [6.07, 6.45) is 0. The van der Waals surface area contributed by atoms with Crippen LogP contribution in [0.15, 0.2) is 58.2 Å². The Labute approximate surface area is 167 Å². The van der Waals surface area contributed by atoms with Gasteiger partial charge >= 0.3 is 0 Å². The zero-order valence-electron chi connectivity index (χ0n) is 14.1. The van der Waals surface area contributed by atoms with E-state index in [4.69, 9.17) is 0 Å². The second kappa shape index (κ2) is 8.31. The molecule has 0 fully saturated rings. The molecule has 3 aromatic rings. The molecule has 2 aromatic carbocycles. The van der Waals surface area contributed by atoms with E-state index in [-0.39, 0.29) is 17.3 Å². The van der Waals surface area contributed by atoms with Gasteiger partial charge in [-0.05, 0) is 24.3 Å². The van der Waals surface area contributed by atoms with Crippen LogP contribution in [-0.2, 0) is 11.8 Å². The third kappa shape index (κ3) is 4.72. The Hall–Kier alpha value is -2.72. The molecule has 0 aliphatic rings. The molecule has 1 aromatic heterocycles. The number of halogens is 1. The number of nitrogens with one attached hydrogen (secondary N) is 1. The molecule has 0 saturated heterocycles. The van der Waals surface area contributed by atoms with E-state index in [1.54, 1.807) is 35.9 Å². The number of thioether (sulfide) groups is 1. The van der Waals surface area contributed by atoms with Gasteiger partial charge in [-0.15, -0.1) is 10.2 Å². The fraction of sp³-hybridized carbons (Fsp3) is 0.118. The SMILES string of the molecule is Cn1c(SCC(=O)Nc2ccc(Br)cc2)nnc1-c1cccc([N+](=O)[O-])c1. The summed E-state index contributed by atoms with van der Waals surface area (Å²) in [7, 11) is 1.75. The molecule has 1 N–H and O–H groups in total. The Morgan fingerprint density at radius 2 is 2.00 bits per heavy atom. The Kier molecular flexibility index (Phi) is 5.87. The summed E-state index contributed by atoms with van der Waals surface area (Å²) < 4.78 is 2.64. The molecule has 27 heavy (non-hydrogen) atoms. The minimum Gasteiger partial charge on any atom is -0.325 e. The molecule has 1 heterocycles.